The number of carbonyl (C=O) groups excluding carboxylic acids is 3. The third kappa shape index (κ3) is 2.28. The van der Waals surface area contributed by atoms with Gasteiger partial charge in [0.15, 0.2) is 6.04 Å². The number of quaternary nitrogens is 1. The van der Waals surface area contributed by atoms with Crippen molar-refractivity contribution in [3.8, 4) is 5.75 Å². The third-order valence-corrected chi connectivity index (χ3v) is 3.40. The van der Waals surface area contributed by atoms with E-state index in [0.717, 1.165) is 0 Å². The second-order valence-corrected chi connectivity index (χ2v) is 4.68. The maximum absolute atomic E-state index is 11.7. The van der Waals surface area contributed by atoms with Crippen LogP contribution in [0.1, 0.15) is 18.4 Å². The highest BCUT2D eigenvalue weighted by Crippen LogP contribution is 2.26. The van der Waals surface area contributed by atoms with Gasteiger partial charge in [-0.15, -0.1) is 0 Å². The number of aliphatic carboxylic acids is 1. The predicted octanol–water partition coefficient (Wildman–Crippen LogP) is -0.894. The summed E-state index contributed by atoms with van der Waals surface area (Å²) in [6.07, 6.45) is -0.625. The fraction of sp³-hybridized carbons (Fsp3) is 0.308. The van der Waals surface area contributed by atoms with Gasteiger partial charge in [0.05, 0.1) is 12.8 Å². The van der Waals surface area contributed by atoms with Crippen LogP contribution in [-0.4, -0.2) is 38.8 Å². The van der Waals surface area contributed by atoms with Crippen LogP contribution in [0.25, 0.3) is 0 Å². The van der Waals surface area contributed by atoms with Crippen LogP contribution < -0.4 is 5.11 Å². The van der Waals surface area contributed by atoms with Gasteiger partial charge in [-0.2, -0.15) is 0 Å². The van der Waals surface area contributed by atoms with Gasteiger partial charge in [0, 0.05) is 6.42 Å². The van der Waals surface area contributed by atoms with Crippen LogP contribution in [0.15, 0.2) is 24.3 Å². The van der Waals surface area contributed by atoms with Gasteiger partial charge in [-0.3, -0.25) is 0 Å². The summed E-state index contributed by atoms with van der Waals surface area (Å²) in [5.41, 5.74) is 0.455. The van der Waals surface area contributed by atoms with Gasteiger partial charge in [-0.25, -0.2) is 14.8 Å². The molecule has 0 saturated carbocycles. The van der Waals surface area contributed by atoms with E-state index in [1.807, 2.05) is 0 Å². The van der Waals surface area contributed by atoms with E-state index in [1.54, 1.807) is 0 Å². The molecule has 1 aromatic carbocycles. The number of amides is 2. The number of hydroxylamine groups is 3. The van der Waals surface area contributed by atoms with Crippen molar-refractivity contribution in [1.29, 1.82) is 0 Å². The average molecular weight is 279 g/mol. The third-order valence-electron chi connectivity index (χ3n) is 3.40. The molecule has 7 nitrogen and oxygen atoms in total. The van der Waals surface area contributed by atoms with Crippen LogP contribution in [0.3, 0.4) is 0 Å². The monoisotopic (exact) mass is 279 g/mol. The summed E-state index contributed by atoms with van der Waals surface area (Å²) in [7, 11) is 0. The Labute approximate surface area is 114 Å². The van der Waals surface area contributed by atoms with Gasteiger partial charge in [0.1, 0.15) is 11.7 Å². The van der Waals surface area contributed by atoms with Gasteiger partial charge < -0.3 is 15.0 Å². The number of carbonyl (C=O) groups is 3. The molecule has 2 amide bonds. The van der Waals surface area contributed by atoms with E-state index in [2.05, 4.69) is 0 Å². The van der Waals surface area contributed by atoms with Crippen LogP contribution in [0, 0.1) is 0 Å². The lowest BCUT2D eigenvalue weighted by Crippen LogP contribution is -2.63. The number of carboxylic acids is 1. The summed E-state index contributed by atoms with van der Waals surface area (Å²) in [4.78, 5) is 34.5. The number of hydrogen-bond acceptors (Lipinski definition) is 6. The molecule has 1 unspecified atom stereocenters. The summed E-state index contributed by atoms with van der Waals surface area (Å²) < 4.78 is -1.75. The largest absolute Gasteiger partial charge is 0.544 e. The zero-order valence-electron chi connectivity index (χ0n) is 10.5. The Morgan fingerprint density at radius 3 is 2.15 bits per heavy atom. The number of carboxylic acid groups (broad SMARTS) is 1. The smallest absolute Gasteiger partial charge is 0.354 e. The first-order valence-electron chi connectivity index (χ1n) is 6.02. The second kappa shape index (κ2) is 5.03. The van der Waals surface area contributed by atoms with E-state index in [0.29, 0.717) is 5.56 Å². The standard InChI is InChI=1S/C13H13NO6/c15-9-3-1-8(2-4-9)7-10(13(18)19)14(20)11(16)5-6-12(14)17/h1-4,10,20H,5-7H2,(H-,15,18,19). The second-order valence-electron chi connectivity index (χ2n) is 4.68. The number of imide groups is 1. The maximum Gasteiger partial charge on any atom is 0.354 e. The number of hydrogen-bond donors (Lipinski definition) is 2. The van der Waals surface area contributed by atoms with Gasteiger partial charge in [0.2, 0.25) is 0 Å². The lowest BCUT2D eigenvalue weighted by molar-refractivity contribution is -0.985. The molecule has 1 aromatic rings. The maximum atomic E-state index is 11.7. The van der Waals surface area contributed by atoms with E-state index in [4.69, 9.17) is 5.11 Å². The first kappa shape index (κ1) is 14.2. The summed E-state index contributed by atoms with van der Waals surface area (Å²) in [5, 5.41) is 30.5. The van der Waals surface area contributed by atoms with Crippen molar-refractivity contribution >= 4 is 17.8 Å². The molecule has 1 aliphatic rings. The highest BCUT2D eigenvalue weighted by Gasteiger charge is 2.56. The number of phenolic OH excluding ortho intramolecular Hbond substituents is 1. The van der Waals surface area contributed by atoms with Crippen molar-refractivity contribution in [2.75, 3.05) is 0 Å². The molecule has 1 heterocycles. The van der Waals surface area contributed by atoms with Crippen LogP contribution in [0.5, 0.6) is 5.75 Å². The topological polar surface area (TPSA) is 115 Å². The molecule has 1 aliphatic heterocycles. The van der Waals surface area contributed by atoms with E-state index in [-0.39, 0.29) is 25.0 Å². The van der Waals surface area contributed by atoms with Gasteiger partial charge in [-0.05, 0) is 17.7 Å². The average Bonchev–Trinajstić information content (AvgIpc) is 2.66. The van der Waals surface area contributed by atoms with Crippen molar-refractivity contribution in [3.63, 3.8) is 0 Å². The lowest BCUT2D eigenvalue weighted by atomic mass is 10.0. The molecule has 7 heteroatoms. The van der Waals surface area contributed by atoms with Crippen LogP contribution in [-0.2, 0) is 20.8 Å². The fourth-order valence-electron chi connectivity index (χ4n) is 2.26. The van der Waals surface area contributed by atoms with Crippen molar-refractivity contribution in [3.05, 3.63) is 29.8 Å². The molecule has 0 aromatic heterocycles. The summed E-state index contributed by atoms with van der Waals surface area (Å²) in [6.45, 7) is 0. The predicted molar refractivity (Wildman–Crippen MR) is 61.9 cm³/mol. The van der Waals surface area contributed by atoms with Crippen LogP contribution in [0.2, 0.25) is 0 Å². The van der Waals surface area contributed by atoms with E-state index >= 15 is 0 Å². The highest BCUT2D eigenvalue weighted by molar-refractivity contribution is 5.93. The number of likely N-dealkylation sites (tertiary alicyclic amines) is 1. The number of benzene rings is 1. The number of rotatable bonds is 4. The molecule has 1 fully saturated rings. The minimum atomic E-state index is -1.75. The normalized spacial score (nSPS) is 19.1. The lowest BCUT2D eigenvalue weighted by Gasteiger charge is -2.29. The van der Waals surface area contributed by atoms with E-state index in [1.165, 1.54) is 24.3 Å². The molecular weight excluding hydrogens is 266 g/mol. The minimum Gasteiger partial charge on any atom is -0.544 e. The Morgan fingerprint density at radius 2 is 1.70 bits per heavy atom. The van der Waals surface area contributed by atoms with Gasteiger partial charge in [-0.1, -0.05) is 16.8 Å². The molecule has 20 heavy (non-hydrogen) atoms. The first-order chi connectivity index (χ1) is 9.35. The molecule has 0 bridgehead atoms. The first-order valence-corrected chi connectivity index (χ1v) is 6.02. The molecule has 0 aliphatic carbocycles. The molecule has 0 spiro atoms. The Balaban J connectivity index is 2.32. The SMILES string of the molecule is O=C([O-])C(Cc1ccc(O)cc1)[N+]1(O)C(=O)CCC1=O. The number of aromatic hydroxyl groups is 1. The zero-order chi connectivity index (χ0) is 14.9. The summed E-state index contributed by atoms with van der Waals surface area (Å²) in [5.74, 6) is -3.37. The summed E-state index contributed by atoms with van der Waals surface area (Å²) >= 11 is 0. The van der Waals surface area contributed by atoms with Crippen molar-refractivity contribution in [2.24, 2.45) is 0 Å². The quantitative estimate of drug-likeness (QED) is 0.419. The Kier molecular flexibility index (Phi) is 3.56. The summed E-state index contributed by atoms with van der Waals surface area (Å²) in [6, 6.07) is 3.89. The molecule has 1 saturated heterocycles. The molecule has 2 N–H and O–H groups in total. The van der Waals surface area contributed by atoms with E-state index < -0.39 is 28.5 Å². The molecular formula is C13H13NO6. The van der Waals surface area contributed by atoms with Gasteiger partial charge >= 0.3 is 11.8 Å². The number of nitrogens with zero attached hydrogens (tertiary/aromatic N) is 1. The fourth-order valence-corrected chi connectivity index (χ4v) is 2.26. The molecule has 2 rings (SSSR count). The van der Waals surface area contributed by atoms with Gasteiger partial charge in [0.25, 0.3) is 0 Å². The zero-order valence-corrected chi connectivity index (χ0v) is 10.5. The van der Waals surface area contributed by atoms with E-state index in [9.17, 15) is 24.7 Å². The van der Waals surface area contributed by atoms with Crippen LogP contribution in [0.4, 0.5) is 0 Å². The molecule has 0 radical (unpaired) electrons. The van der Waals surface area contributed by atoms with Crippen molar-refractivity contribution in [1.82, 2.24) is 0 Å². The van der Waals surface area contributed by atoms with Crippen LogP contribution >= 0.6 is 0 Å². The van der Waals surface area contributed by atoms with Crippen molar-refractivity contribution in [2.45, 2.75) is 25.3 Å². The molecule has 1 atom stereocenters. The Bertz CT molecular complexity index is 549. The highest BCUT2D eigenvalue weighted by atomic mass is 16.6. The minimum absolute atomic E-state index is 0.0000271. The molecule has 106 valence electrons. The Morgan fingerprint density at radius 1 is 1.20 bits per heavy atom. The number of phenols is 1. The Hall–Kier alpha value is -2.25. The van der Waals surface area contributed by atoms with Crippen molar-refractivity contribution < 1.29 is 34.5 Å².